The summed E-state index contributed by atoms with van der Waals surface area (Å²) >= 11 is 0. The zero-order chi connectivity index (χ0) is 20.4. The second-order valence-corrected chi connectivity index (χ2v) is 7.14. The fraction of sp³-hybridized carbons (Fsp3) is 0.391. The third-order valence-corrected chi connectivity index (χ3v) is 5.58. The van der Waals surface area contributed by atoms with Crippen LogP contribution in [0.2, 0.25) is 0 Å². The molecule has 1 heterocycles. The molecule has 0 unspecified atom stereocenters. The van der Waals surface area contributed by atoms with Crippen molar-refractivity contribution in [3.63, 3.8) is 0 Å². The Kier molecular flexibility index (Phi) is 5.82. The first-order chi connectivity index (χ1) is 13.4. The van der Waals surface area contributed by atoms with Crippen LogP contribution in [0.25, 0.3) is 0 Å². The molecule has 2 aromatic carbocycles. The van der Waals surface area contributed by atoms with Gasteiger partial charge in [-0.15, -0.1) is 0 Å². The van der Waals surface area contributed by atoms with Crippen LogP contribution in [0.5, 0.6) is 0 Å². The van der Waals surface area contributed by atoms with Crippen molar-refractivity contribution in [3.8, 4) is 0 Å². The normalized spacial score (nSPS) is 13.5. The molecule has 5 heteroatoms. The molecule has 0 bridgehead atoms. The largest absolute Gasteiger partial charge is 0.466 e. The third-order valence-electron chi connectivity index (χ3n) is 5.58. The van der Waals surface area contributed by atoms with E-state index in [2.05, 4.69) is 6.92 Å². The molecule has 148 valence electrons. The van der Waals surface area contributed by atoms with Gasteiger partial charge in [-0.2, -0.15) is 0 Å². The number of amides is 1. The maximum absolute atomic E-state index is 13.7. The second kappa shape index (κ2) is 8.13. The van der Waals surface area contributed by atoms with Gasteiger partial charge in [-0.25, -0.2) is 4.39 Å². The minimum atomic E-state index is -0.358. The molecular weight excluding hydrogens is 357 g/mol. The third kappa shape index (κ3) is 3.66. The van der Waals surface area contributed by atoms with Gasteiger partial charge in [0.05, 0.1) is 26.0 Å². The average molecular weight is 383 g/mol. The summed E-state index contributed by atoms with van der Waals surface area (Å²) in [6.45, 7) is 8.66. The van der Waals surface area contributed by atoms with Crippen molar-refractivity contribution in [2.45, 2.75) is 53.5 Å². The molecular formula is C23H26FNO3. The summed E-state index contributed by atoms with van der Waals surface area (Å²) in [5, 5.41) is 0. The van der Waals surface area contributed by atoms with Crippen LogP contribution in [0.15, 0.2) is 24.3 Å². The molecule has 0 aliphatic carbocycles. The summed E-state index contributed by atoms with van der Waals surface area (Å²) in [5.41, 5.74) is 6.88. The summed E-state index contributed by atoms with van der Waals surface area (Å²) in [5.74, 6) is -0.668. The van der Waals surface area contributed by atoms with Gasteiger partial charge >= 0.3 is 5.97 Å². The number of nitrogens with zero attached hydrogens (tertiary/aromatic N) is 1. The molecule has 0 fully saturated rings. The van der Waals surface area contributed by atoms with E-state index in [0.29, 0.717) is 18.8 Å². The average Bonchev–Trinajstić information content (AvgIpc) is 2.66. The van der Waals surface area contributed by atoms with E-state index in [1.807, 2.05) is 13.8 Å². The number of halogens is 1. The Labute approximate surface area is 165 Å². The first kappa shape index (κ1) is 20.1. The maximum atomic E-state index is 13.7. The first-order valence-electron chi connectivity index (χ1n) is 9.71. The fourth-order valence-corrected chi connectivity index (χ4v) is 4.17. The number of ether oxygens (including phenoxy) is 1. The number of benzene rings is 2. The van der Waals surface area contributed by atoms with Crippen molar-refractivity contribution in [1.29, 1.82) is 0 Å². The van der Waals surface area contributed by atoms with Gasteiger partial charge in [0, 0.05) is 5.69 Å². The van der Waals surface area contributed by atoms with E-state index in [1.54, 1.807) is 24.0 Å². The summed E-state index contributed by atoms with van der Waals surface area (Å²) < 4.78 is 18.8. The van der Waals surface area contributed by atoms with E-state index in [0.717, 1.165) is 39.8 Å². The quantitative estimate of drug-likeness (QED) is 0.727. The number of fused-ring (bicyclic) bond motifs is 1. The first-order valence-corrected chi connectivity index (χ1v) is 9.71. The van der Waals surface area contributed by atoms with Gasteiger partial charge in [0.25, 0.3) is 0 Å². The lowest BCUT2D eigenvalue weighted by Gasteiger charge is -2.33. The molecule has 0 aromatic heterocycles. The Morgan fingerprint density at radius 3 is 2.50 bits per heavy atom. The number of hydrogen-bond donors (Lipinski definition) is 0. The van der Waals surface area contributed by atoms with Gasteiger partial charge in [0.1, 0.15) is 5.82 Å². The van der Waals surface area contributed by atoms with Crippen LogP contribution in [0.4, 0.5) is 10.1 Å². The maximum Gasteiger partial charge on any atom is 0.310 e. The molecule has 1 amide bonds. The number of hydrogen-bond acceptors (Lipinski definition) is 3. The molecule has 2 aromatic rings. The Hall–Kier alpha value is -2.69. The second-order valence-electron chi connectivity index (χ2n) is 7.14. The minimum absolute atomic E-state index is 0.0630. The van der Waals surface area contributed by atoms with Crippen LogP contribution in [0, 0.1) is 19.7 Å². The van der Waals surface area contributed by atoms with E-state index in [1.165, 1.54) is 12.1 Å². The molecule has 4 nitrogen and oxygen atoms in total. The molecule has 0 atom stereocenters. The van der Waals surface area contributed by atoms with Crippen molar-refractivity contribution < 1.29 is 18.7 Å². The standard InChI is InChI=1S/C23H26FNO3/c1-5-18-14(3)21-13-25(17-9-7-8-16(24)10-17)22(26)11-19(21)15(4)20(18)12-23(27)28-6-2/h7-10H,5-6,11-13H2,1-4H3. The van der Waals surface area contributed by atoms with Gasteiger partial charge < -0.3 is 9.64 Å². The number of anilines is 1. The zero-order valence-corrected chi connectivity index (χ0v) is 16.9. The number of carbonyl (C=O) groups is 2. The highest BCUT2D eigenvalue weighted by atomic mass is 19.1. The predicted octanol–water partition coefficient (Wildman–Crippen LogP) is 4.20. The number of rotatable bonds is 5. The van der Waals surface area contributed by atoms with Crippen LogP contribution in [0.3, 0.4) is 0 Å². The highest BCUT2D eigenvalue weighted by molar-refractivity contribution is 5.97. The van der Waals surface area contributed by atoms with Crippen LogP contribution < -0.4 is 4.90 Å². The Bertz CT molecular complexity index is 936. The van der Waals surface area contributed by atoms with E-state index in [9.17, 15) is 14.0 Å². The van der Waals surface area contributed by atoms with Gasteiger partial charge in [0.15, 0.2) is 0 Å². The summed E-state index contributed by atoms with van der Waals surface area (Å²) in [6.07, 6.45) is 1.26. The molecule has 0 radical (unpaired) electrons. The summed E-state index contributed by atoms with van der Waals surface area (Å²) in [4.78, 5) is 26.6. The van der Waals surface area contributed by atoms with Crippen molar-refractivity contribution in [3.05, 3.63) is 63.5 Å². The Morgan fingerprint density at radius 2 is 1.86 bits per heavy atom. The van der Waals surface area contributed by atoms with E-state index < -0.39 is 0 Å². The molecule has 1 aliphatic rings. The van der Waals surface area contributed by atoms with Crippen molar-refractivity contribution >= 4 is 17.6 Å². The van der Waals surface area contributed by atoms with Gasteiger partial charge in [-0.05, 0) is 78.8 Å². The van der Waals surface area contributed by atoms with E-state index in [4.69, 9.17) is 4.74 Å². The lowest BCUT2D eigenvalue weighted by Crippen LogP contribution is -2.37. The predicted molar refractivity (Wildman–Crippen MR) is 107 cm³/mol. The topological polar surface area (TPSA) is 46.6 Å². The van der Waals surface area contributed by atoms with Crippen LogP contribution >= 0.6 is 0 Å². The van der Waals surface area contributed by atoms with E-state index >= 15 is 0 Å². The van der Waals surface area contributed by atoms with Gasteiger partial charge in [0.2, 0.25) is 5.91 Å². The summed E-state index contributed by atoms with van der Waals surface area (Å²) in [7, 11) is 0. The van der Waals surface area contributed by atoms with Crippen LogP contribution in [0.1, 0.15) is 47.2 Å². The molecule has 1 aliphatic heterocycles. The fourth-order valence-electron chi connectivity index (χ4n) is 4.17. The van der Waals surface area contributed by atoms with Gasteiger partial charge in [-0.3, -0.25) is 9.59 Å². The smallest absolute Gasteiger partial charge is 0.310 e. The molecule has 0 spiro atoms. The van der Waals surface area contributed by atoms with Crippen molar-refractivity contribution in [2.75, 3.05) is 11.5 Å². The molecule has 0 saturated heterocycles. The molecule has 3 rings (SSSR count). The number of carbonyl (C=O) groups excluding carboxylic acids is 2. The molecule has 28 heavy (non-hydrogen) atoms. The van der Waals surface area contributed by atoms with Crippen molar-refractivity contribution in [1.82, 2.24) is 0 Å². The highest BCUT2D eigenvalue weighted by Crippen LogP contribution is 2.34. The zero-order valence-electron chi connectivity index (χ0n) is 16.9. The lowest BCUT2D eigenvalue weighted by molar-refractivity contribution is -0.142. The lowest BCUT2D eigenvalue weighted by atomic mass is 9.82. The van der Waals surface area contributed by atoms with E-state index in [-0.39, 0.29) is 30.5 Å². The summed E-state index contributed by atoms with van der Waals surface area (Å²) in [6, 6.07) is 6.13. The van der Waals surface area contributed by atoms with Crippen molar-refractivity contribution in [2.24, 2.45) is 0 Å². The molecule has 0 N–H and O–H groups in total. The van der Waals surface area contributed by atoms with Gasteiger partial charge in [-0.1, -0.05) is 13.0 Å². The highest BCUT2D eigenvalue weighted by Gasteiger charge is 2.30. The SMILES string of the molecule is CCOC(=O)Cc1c(C)c2c(c(C)c1CC)CN(c1cccc(F)c1)C(=O)C2. The Balaban J connectivity index is 2.06. The monoisotopic (exact) mass is 383 g/mol. The Morgan fingerprint density at radius 1 is 1.14 bits per heavy atom. The molecule has 0 saturated carbocycles. The number of esters is 1. The van der Waals surface area contributed by atoms with Crippen LogP contribution in [-0.2, 0) is 40.1 Å². The van der Waals surface area contributed by atoms with Crippen LogP contribution in [-0.4, -0.2) is 18.5 Å². The minimum Gasteiger partial charge on any atom is -0.466 e.